The zero-order valence-electron chi connectivity index (χ0n) is 11.6. The van der Waals surface area contributed by atoms with Gasteiger partial charge < -0.3 is 15.2 Å². The van der Waals surface area contributed by atoms with E-state index in [-0.39, 0.29) is 12.5 Å². The number of amides is 1. The van der Waals surface area contributed by atoms with Crippen molar-refractivity contribution in [2.45, 2.75) is 13.5 Å². The maximum Gasteiger partial charge on any atom is 0.255 e. The molecule has 1 amide bonds. The zero-order valence-corrected chi connectivity index (χ0v) is 11.6. The molecular formula is C16H16FNO3. The lowest BCUT2D eigenvalue weighted by molar-refractivity contribution is 0.102. The van der Waals surface area contributed by atoms with Gasteiger partial charge in [0.25, 0.3) is 5.91 Å². The van der Waals surface area contributed by atoms with Crippen LogP contribution < -0.4 is 10.1 Å². The first-order valence-corrected chi connectivity index (χ1v) is 6.57. The Morgan fingerprint density at radius 2 is 1.95 bits per heavy atom. The fourth-order valence-corrected chi connectivity index (χ4v) is 1.88. The number of anilines is 1. The molecule has 0 saturated carbocycles. The van der Waals surface area contributed by atoms with E-state index in [0.29, 0.717) is 29.2 Å². The smallest absolute Gasteiger partial charge is 0.255 e. The van der Waals surface area contributed by atoms with Gasteiger partial charge in [0.1, 0.15) is 11.6 Å². The quantitative estimate of drug-likeness (QED) is 0.889. The van der Waals surface area contributed by atoms with Crippen LogP contribution in [0.1, 0.15) is 22.8 Å². The van der Waals surface area contributed by atoms with Gasteiger partial charge in [-0.25, -0.2) is 4.39 Å². The molecule has 2 aromatic rings. The molecule has 0 heterocycles. The van der Waals surface area contributed by atoms with Crippen LogP contribution in [0.5, 0.6) is 5.75 Å². The number of ether oxygens (including phenoxy) is 1. The summed E-state index contributed by atoms with van der Waals surface area (Å²) in [6, 6.07) is 10.3. The molecule has 0 aromatic heterocycles. The highest BCUT2D eigenvalue weighted by molar-refractivity contribution is 6.04. The number of nitrogens with one attached hydrogen (secondary N) is 1. The van der Waals surface area contributed by atoms with Crippen molar-refractivity contribution in [2.75, 3.05) is 11.9 Å². The molecule has 2 rings (SSSR count). The minimum atomic E-state index is -0.393. The summed E-state index contributed by atoms with van der Waals surface area (Å²) in [5.41, 5.74) is 1.49. The maximum atomic E-state index is 12.8. The van der Waals surface area contributed by atoms with E-state index in [0.717, 1.165) is 0 Å². The van der Waals surface area contributed by atoms with Crippen molar-refractivity contribution in [1.82, 2.24) is 0 Å². The molecule has 0 bridgehead atoms. The number of rotatable bonds is 5. The third kappa shape index (κ3) is 3.79. The Kier molecular flexibility index (Phi) is 4.90. The van der Waals surface area contributed by atoms with Crippen molar-refractivity contribution < 1.29 is 19.0 Å². The number of hydrogen-bond acceptors (Lipinski definition) is 3. The van der Waals surface area contributed by atoms with Crippen LogP contribution >= 0.6 is 0 Å². The number of benzene rings is 2. The summed E-state index contributed by atoms with van der Waals surface area (Å²) in [5, 5.41) is 12.0. The molecule has 0 fully saturated rings. The third-order valence-corrected chi connectivity index (χ3v) is 2.89. The predicted octanol–water partition coefficient (Wildman–Crippen LogP) is 2.97. The van der Waals surface area contributed by atoms with Gasteiger partial charge in [-0.3, -0.25) is 4.79 Å². The molecule has 4 nitrogen and oxygen atoms in total. The van der Waals surface area contributed by atoms with Crippen molar-refractivity contribution in [1.29, 1.82) is 0 Å². The van der Waals surface area contributed by atoms with E-state index in [4.69, 9.17) is 4.74 Å². The van der Waals surface area contributed by atoms with Gasteiger partial charge in [0, 0.05) is 16.8 Å². The first kappa shape index (κ1) is 15.0. The Morgan fingerprint density at radius 3 is 2.57 bits per heavy atom. The van der Waals surface area contributed by atoms with Crippen LogP contribution in [0, 0.1) is 5.82 Å². The molecule has 0 atom stereocenters. The molecule has 0 aliphatic carbocycles. The van der Waals surface area contributed by atoms with Crippen LogP contribution in [0.15, 0.2) is 42.5 Å². The Balaban J connectivity index is 2.15. The standard InChI is InChI=1S/C16H16FNO3/c1-2-21-15-8-7-14(9-12(15)10-19)18-16(20)11-3-5-13(17)6-4-11/h3-9,19H,2,10H2,1H3,(H,18,20). The average molecular weight is 289 g/mol. The molecule has 0 aliphatic heterocycles. The predicted molar refractivity (Wildman–Crippen MR) is 77.9 cm³/mol. The minimum Gasteiger partial charge on any atom is -0.494 e. The Bertz CT molecular complexity index is 626. The summed E-state index contributed by atoms with van der Waals surface area (Å²) in [7, 11) is 0. The zero-order chi connectivity index (χ0) is 15.2. The fraction of sp³-hybridized carbons (Fsp3) is 0.188. The van der Waals surface area contributed by atoms with Crippen LogP contribution in [0.4, 0.5) is 10.1 Å². The second-order valence-corrected chi connectivity index (χ2v) is 4.37. The minimum absolute atomic E-state index is 0.185. The van der Waals surface area contributed by atoms with Gasteiger partial charge in [0.2, 0.25) is 0 Å². The van der Waals surface area contributed by atoms with Crippen LogP contribution in [0.2, 0.25) is 0 Å². The lowest BCUT2D eigenvalue weighted by Crippen LogP contribution is -2.12. The molecule has 0 spiro atoms. The summed E-state index contributed by atoms with van der Waals surface area (Å²) in [6.45, 7) is 2.16. The summed E-state index contributed by atoms with van der Waals surface area (Å²) in [4.78, 5) is 12.0. The maximum absolute atomic E-state index is 12.8. The van der Waals surface area contributed by atoms with Crippen LogP contribution in [-0.4, -0.2) is 17.6 Å². The van der Waals surface area contributed by atoms with Crippen LogP contribution in [0.3, 0.4) is 0 Å². The van der Waals surface area contributed by atoms with Gasteiger partial charge in [-0.05, 0) is 49.4 Å². The highest BCUT2D eigenvalue weighted by atomic mass is 19.1. The number of carbonyl (C=O) groups is 1. The van der Waals surface area contributed by atoms with Gasteiger partial charge in [0.05, 0.1) is 13.2 Å². The van der Waals surface area contributed by atoms with E-state index in [1.54, 1.807) is 18.2 Å². The summed E-state index contributed by atoms with van der Waals surface area (Å²) in [5.74, 6) is -0.155. The SMILES string of the molecule is CCOc1ccc(NC(=O)c2ccc(F)cc2)cc1CO. The monoisotopic (exact) mass is 289 g/mol. The van der Waals surface area contributed by atoms with E-state index < -0.39 is 5.82 Å². The summed E-state index contributed by atoms with van der Waals surface area (Å²) in [6.07, 6.45) is 0. The van der Waals surface area contributed by atoms with Gasteiger partial charge in [0.15, 0.2) is 0 Å². The van der Waals surface area contributed by atoms with E-state index in [2.05, 4.69) is 5.32 Å². The third-order valence-electron chi connectivity index (χ3n) is 2.89. The molecule has 2 aromatic carbocycles. The largest absolute Gasteiger partial charge is 0.494 e. The van der Waals surface area contributed by atoms with Gasteiger partial charge in [-0.2, -0.15) is 0 Å². The van der Waals surface area contributed by atoms with Crippen molar-refractivity contribution in [3.05, 3.63) is 59.4 Å². The van der Waals surface area contributed by atoms with Gasteiger partial charge >= 0.3 is 0 Å². The number of aliphatic hydroxyl groups is 1. The molecule has 110 valence electrons. The van der Waals surface area contributed by atoms with Gasteiger partial charge in [-0.15, -0.1) is 0 Å². The molecule has 0 radical (unpaired) electrons. The summed E-state index contributed by atoms with van der Waals surface area (Å²) < 4.78 is 18.2. The fourth-order valence-electron chi connectivity index (χ4n) is 1.88. The van der Waals surface area contributed by atoms with Crippen molar-refractivity contribution >= 4 is 11.6 Å². The Morgan fingerprint density at radius 1 is 1.24 bits per heavy atom. The number of hydrogen-bond donors (Lipinski definition) is 2. The normalized spacial score (nSPS) is 10.2. The first-order chi connectivity index (χ1) is 10.1. The van der Waals surface area contributed by atoms with Crippen molar-refractivity contribution in [3.63, 3.8) is 0 Å². The lowest BCUT2D eigenvalue weighted by Gasteiger charge is -2.11. The van der Waals surface area contributed by atoms with E-state index in [1.165, 1.54) is 24.3 Å². The number of halogens is 1. The molecule has 21 heavy (non-hydrogen) atoms. The van der Waals surface area contributed by atoms with E-state index in [9.17, 15) is 14.3 Å². The molecular weight excluding hydrogens is 273 g/mol. The Labute approximate surface area is 122 Å². The van der Waals surface area contributed by atoms with Crippen LogP contribution in [-0.2, 0) is 6.61 Å². The van der Waals surface area contributed by atoms with E-state index in [1.807, 2.05) is 6.92 Å². The highest BCUT2D eigenvalue weighted by Gasteiger charge is 2.09. The summed E-state index contributed by atoms with van der Waals surface area (Å²) >= 11 is 0. The first-order valence-electron chi connectivity index (χ1n) is 6.57. The Hall–Kier alpha value is -2.40. The van der Waals surface area contributed by atoms with Crippen molar-refractivity contribution in [3.8, 4) is 5.75 Å². The molecule has 0 saturated heterocycles. The van der Waals surface area contributed by atoms with Crippen molar-refractivity contribution in [2.24, 2.45) is 0 Å². The number of carbonyl (C=O) groups excluding carboxylic acids is 1. The van der Waals surface area contributed by atoms with Gasteiger partial charge in [-0.1, -0.05) is 0 Å². The molecule has 2 N–H and O–H groups in total. The molecule has 0 aliphatic rings. The lowest BCUT2D eigenvalue weighted by atomic mass is 10.1. The second-order valence-electron chi connectivity index (χ2n) is 4.37. The highest BCUT2D eigenvalue weighted by Crippen LogP contribution is 2.23. The molecule has 5 heteroatoms. The molecule has 0 unspecified atom stereocenters. The van der Waals surface area contributed by atoms with Crippen LogP contribution in [0.25, 0.3) is 0 Å². The number of aliphatic hydroxyl groups excluding tert-OH is 1. The topological polar surface area (TPSA) is 58.6 Å². The van der Waals surface area contributed by atoms with E-state index >= 15 is 0 Å². The average Bonchev–Trinajstić information content (AvgIpc) is 2.49. The second kappa shape index (κ2) is 6.85.